The zero-order valence-electron chi connectivity index (χ0n) is 15.0. The van der Waals surface area contributed by atoms with E-state index in [-0.39, 0.29) is 18.0 Å². The van der Waals surface area contributed by atoms with Crippen LogP contribution in [-0.2, 0) is 16.0 Å². The number of benzene rings is 1. The Morgan fingerprint density at radius 1 is 1.32 bits per heavy atom. The second kappa shape index (κ2) is 7.74. The summed E-state index contributed by atoms with van der Waals surface area (Å²) in [5.74, 6) is -3.50. The molecule has 2 rings (SSSR count). The van der Waals surface area contributed by atoms with Gasteiger partial charge in [0.05, 0.1) is 0 Å². The molecule has 1 aromatic rings. The van der Waals surface area contributed by atoms with Crippen LogP contribution < -0.4 is 5.32 Å². The molecule has 0 spiro atoms. The summed E-state index contributed by atoms with van der Waals surface area (Å²) in [5.41, 5.74) is -1.02. The molecule has 1 fully saturated rings. The van der Waals surface area contributed by atoms with Crippen LogP contribution in [0, 0.1) is 17.5 Å². The molecule has 0 bridgehead atoms. The normalized spacial score (nSPS) is 20.4. The standard InChI is InChI=1S/C18H25F3N2O2/c1-11-10-23(6-5-22-11)16(17(24)25-18(2,3)4)9-13-14(20)7-12(19)8-15(13)21/h7-8,11,16,22H,5-6,9-10H2,1-4H3/t11-,16-/m0/s1. The van der Waals surface area contributed by atoms with Gasteiger partial charge in [-0.2, -0.15) is 0 Å². The molecule has 140 valence electrons. The maximum atomic E-state index is 14.1. The lowest BCUT2D eigenvalue weighted by molar-refractivity contribution is -0.162. The van der Waals surface area contributed by atoms with Gasteiger partial charge < -0.3 is 10.1 Å². The van der Waals surface area contributed by atoms with E-state index in [1.54, 1.807) is 20.8 Å². The number of piperazine rings is 1. The Kier molecular flexibility index (Phi) is 6.11. The molecule has 0 saturated carbocycles. The number of esters is 1. The van der Waals surface area contributed by atoms with Crippen LogP contribution in [0.5, 0.6) is 0 Å². The molecule has 1 N–H and O–H groups in total. The van der Waals surface area contributed by atoms with Gasteiger partial charge in [-0.1, -0.05) is 0 Å². The first-order valence-corrected chi connectivity index (χ1v) is 8.40. The lowest BCUT2D eigenvalue weighted by atomic mass is 10.0. The monoisotopic (exact) mass is 358 g/mol. The van der Waals surface area contributed by atoms with Gasteiger partial charge in [0.2, 0.25) is 0 Å². The van der Waals surface area contributed by atoms with Gasteiger partial charge in [0.15, 0.2) is 0 Å². The maximum absolute atomic E-state index is 14.1. The lowest BCUT2D eigenvalue weighted by Gasteiger charge is -2.37. The summed E-state index contributed by atoms with van der Waals surface area (Å²) in [7, 11) is 0. The summed E-state index contributed by atoms with van der Waals surface area (Å²) in [6, 6.07) is 0.565. The van der Waals surface area contributed by atoms with Crippen LogP contribution in [0.3, 0.4) is 0 Å². The van der Waals surface area contributed by atoms with Crippen molar-refractivity contribution in [2.75, 3.05) is 19.6 Å². The molecule has 0 aliphatic carbocycles. The molecule has 25 heavy (non-hydrogen) atoms. The van der Waals surface area contributed by atoms with Crippen molar-refractivity contribution in [3.63, 3.8) is 0 Å². The Hall–Kier alpha value is -1.60. The highest BCUT2D eigenvalue weighted by Crippen LogP contribution is 2.21. The Balaban J connectivity index is 2.29. The van der Waals surface area contributed by atoms with Gasteiger partial charge in [-0.15, -0.1) is 0 Å². The summed E-state index contributed by atoms with van der Waals surface area (Å²) in [6.45, 7) is 8.95. The van der Waals surface area contributed by atoms with Gasteiger partial charge in [-0.3, -0.25) is 9.69 Å². The molecule has 1 heterocycles. The minimum absolute atomic E-state index is 0.140. The Labute approximate surface area is 146 Å². The zero-order chi connectivity index (χ0) is 18.8. The number of rotatable bonds is 4. The Morgan fingerprint density at radius 3 is 2.44 bits per heavy atom. The van der Waals surface area contributed by atoms with E-state index in [0.717, 1.165) is 0 Å². The average molecular weight is 358 g/mol. The highest BCUT2D eigenvalue weighted by Gasteiger charge is 2.34. The lowest BCUT2D eigenvalue weighted by Crippen LogP contribution is -2.56. The molecule has 1 saturated heterocycles. The highest BCUT2D eigenvalue weighted by molar-refractivity contribution is 5.76. The summed E-state index contributed by atoms with van der Waals surface area (Å²) >= 11 is 0. The zero-order valence-corrected chi connectivity index (χ0v) is 15.0. The van der Waals surface area contributed by atoms with E-state index in [2.05, 4.69) is 5.32 Å². The fourth-order valence-electron chi connectivity index (χ4n) is 2.94. The Morgan fingerprint density at radius 2 is 1.92 bits per heavy atom. The van der Waals surface area contributed by atoms with Gasteiger partial charge in [0.25, 0.3) is 0 Å². The van der Waals surface area contributed by atoms with E-state index in [4.69, 9.17) is 4.74 Å². The van der Waals surface area contributed by atoms with E-state index < -0.39 is 35.1 Å². The first kappa shape index (κ1) is 19.7. The van der Waals surface area contributed by atoms with Crippen LogP contribution in [0.2, 0.25) is 0 Å². The molecular weight excluding hydrogens is 333 g/mol. The molecule has 7 heteroatoms. The van der Waals surface area contributed by atoms with Crippen molar-refractivity contribution in [3.8, 4) is 0 Å². The first-order chi connectivity index (χ1) is 11.6. The predicted octanol–water partition coefficient (Wildman–Crippen LogP) is 2.65. The second-order valence-electron chi connectivity index (χ2n) is 7.45. The molecule has 0 amide bonds. The minimum atomic E-state index is -0.991. The van der Waals surface area contributed by atoms with Crippen molar-refractivity contribution in [2.24, 2.45) is 0 Å². The van der Waals surface area contributed by atoms with Gasteiger partial charge in [0.1, 0.15) is 29.1 Å². The molecule has 0 aromatic heterocycles. The van der Waals surface area contributed by atoms with E-state index >= 15 is 0 Å². The number of nitrogens with one attached hydrogen (secondary N) is 1. The summed E-state index contributed by atoms with van der Waals surface area (Å²) in [6.07, 6.45) is -0.209. The van der Waals surface area contributed by atoms with Gasteiger partial charge >= 0.3 is 5.97 Å². The molecule has 2 atom stereocenters. The first-order valence-electron chi connectivity index (χ1n) is 8.40. The van der Waals surface area contributed by atoms with Crippen molar-refractivity contribution in [3.05, 3.63) is 35.1 Å². The largest absolute Gasteiger partial charge is 0.459 e. The molecule has 1 aliphatic rings. The number of halogens is 3. The number of carbonyl (C=O) groups excluding carboxylic acids is 1. The van der Waals surface area contributed by atoms with Crippen LogP contribution in [0.4, 0.5) is 13.2 Å². The van der Waals surface area contributed by atoms with Crippen molar-refractivity contribution in [1.29, 1.82) is 0 Å². The van der Waals surface area contributed by atoms with Crippen molar-refractivity contribution in [2.45, 2.75) is 51.8 Å². The SMILES string of the molecule is C[C@H]1CN([C@@H](Cc2c(F)cc(F)cc2F)C(=O)OC(C)(C)C)CCN1. The number of hydrogen-bond donors (Lipinski definition) is 1. The summed E-state index contributed by atoms with van der Waals surface area (Å²) in [4.78, 5) is 14.5. The minimum Gasteiger partial charge on any atom is -0.459 e. The van der Waals surface area contributed by atoms with Crippen LogP contribution in [0.1, 0.15) is 33.3 Å². The van der Waals surface area contributed by atoms with Crippen molar-refractivity contribution < 1.29 is 22.7 Å². The Bertz CT molecular complexity index is 608. The number of nitrogens with zero attached hydrogens (tertiary/aromatic N) is 1. The summed E-state index contributed by atoms with van der Waals surface area (Å²) in [5, 5.41) is 3.26. The van der Waals surface area contributed by atoms with Crippen LogP contribution >= 0.6 is 0 Å². The van der Waals surface area contributed by atoms with Gasteiger partial charge in [-0.05, 0) is 27.7 Å². The molecule has 1 aliphatic heterocycles. The van der Waals surface area contributed by atoms with Crippen LogP contribution in [0.25, 0.3) is 0 Å². The second-order valence-corrected chi connectivity index (χ2v) is 7.45. The molecule has 0 unspecified atom stereocenters. The number of ether oxygens (including phenoxy) is 1. The number of carbonyl (C=O) groups is 1. The third-order valence-corrected chi connectivity index (χ3v) is 4.02. The molecular formula is C18H25F3N2O2. The molecule has 0 radical (unpaired) electrons. The van der Waals surface area contributed by atoms with E-state index in [9.17, 15) is 18.0 Å². The van der Waals surface area contributed by atoms with Crippen LogP contribution in [-0.4, -0.2) is 48.2 Å². The van der Waals surface area contributed by atoms with Crippen LogP contribution in [0.15, 0.2) is 12.1 Å². The van der Waals surface area contributed by atoms with E-state index in [1.165, 1.54) is 0 Å². The third-order valence-electron chi connectivity index (χ3n) is 4.02. The van der Waals surface area contributed by atoms with E-state index in [1.807, 2.05) is 11.8 Å². The smallest absolute Gasteiger partial charge is 0.324 e. The number of hydrogen-bond acceptors (Lipinski definition) is 4. The fourth-order valence-corrected chi connectivity index (χ4v) is 2.94. The van der Waals surface area contributed by atoms with Crippen molar-refractivity contribution >= 4 is 5.97 Å². The highest BCUT2D eigenvalue weighted by atomic mass is 19.1. The van der Waals surface area contributed by atoms with Crippen molar-refractivity contribution in [1.82, 2.24) is 10.2 Å². The third kappa shape index (κ3) is 5.44. The van der Waals surface area contributed by atoms with E-state index in [0.29, 0.717) is 31.8 Å². The van der Waals surface area contributed by atoms with Gasteiger partial charge in [-0.25, -0.2) is 13.2 Å². The molecule has 1 aromatic carbocycles. The fraction of sp³-hybridized carbons (Fsp3) is 0.611. The average Bonchev–Trinajstić information content (AvgIpc) is 2.44. The quantitative estimate of drug-likeness (QED) is 0.841. The summed E-state index contributed by atoms with van der Waals surface area (Å²) < 4.78 is 46.7. The molecule has 4 nitrogen and oxygen atoms in total. The topological polar surface area (TPSA) is 41.6 Å². The maximum Gasteiger partial charge on any atom is 0.324 e. The predicted molar refractivity (Wildman–Crippen MR) is 88.7 cm³/mol. The van der Waals surface area contributed by atoms with Gasteiger partial charge in [0, 0.05) is 49.8 Å².